The highest BCUT2D eigenvalue weighted by molar-refractivity contribution is 5.55. The molecule has 0 heterocycles. The molecular weight excluding hydrogens is 184 g/mol. The molecule has 6 atom stereocenters. The fourth-order valence-corrected chi connectivity index (χ4v) is 4.47. The highest BCUT2D eigenvalue weighted by Crippen LogP contribution is 2.57. The lowest BCUT2D eigenvalue weighted by atomic mass is 9.69. The Hall–Kier alpha value is -0.330. The highest BCUT2D eigenvalue weighted by Gasteiger charge is 2.51. The second-order valence-electron chi connectivity index (χ2n) is 5.90. The molecular formula is C14H24O. The van der Waals surface area contributed by atoms with E-state index in [4.69, 9.17) is 0 Å². The van der Waals surface area contributed by atoms with Gasteiger partial charge in [0.15, 0.2) is 0 Å². The summed E-state index contributed by atoms with van der Waals surface area (Å²) in [6.45, 7) is 7.08. The second-order valence-corrected chi connectivity index (χ2v) is 5.90. The Kier molecular flexibility index (Phi) is 3.18. The van der Waals surface area contributed by atoms with Gasteiger partial charge in [0, 0.05) is 5.92 Å². The molecule has 0 aromatic heterocycles. The van der Waals surface area contributed by atoms with Gasteiger partial charge in [-0.15, -0.1) is 0 Å². The molecule has 86 valence electrons. The van der Waals surface area contributed by atoms with Crippen molar-refractivity contribution in [3.63, 3.8) is 0 Å². The first-order chi connectivity index (χ1) is 7.19. The lowest BCUT2D eigenvalue weighted by Gasteiger charge is -2.36. The average Bonchev–Trinajstić information content (AvgIpc) is 2.74. The Morgan fingerprint density at radius 2 is 2.13 bits per heavy atom. The molecule has 15 heavy (non-hydrogen) atoms. The normalized spacial score (nSPS) is 45.7. The van der Waals surface area contributed by atoms with Crippen LogP contribution in [0.3, 0.4) is 0 Å². The van der Waals surface area contributed by atoms with Crippen LogP contribution in [0.2, 0.25) is 0 Å². The van der Waals surface area contributed by atoms with Crippen LogP contribution >= 0.6 is 0 Å². The summed E-state index contributed by atoms with van der Waals surface area (Å²) in [6.07, 6.45) is 6.38. The standard InChI is InChI=1S/C14H24O/c1-4-5-9(2)14-10(3)11-6-12(8-15)13(14)7-11/h8-14H,4-7H2,1-3H3. The van der Waals surface area contributed by atoms with Gasteiger partial charge in [-0.3, -0.25) is 0 Å². The maximum absolute atomic E-state index is 11.0. The van der Waals surface area contributed by atoms with Crippen LogP contribution in [0, 0.1) is 35.5 Å². The maximum Gasteiger partial charge on any atom is 0.123 e. The zero-order chi connectivity index (χ0) is 11.0. The van der Waals surface area contributed by atoms with Crippen LogP contribution in [0.25, 0.3) is 0 Å². The quantitative estimate of drug-likeness (QED) is 0.646. The summed E-state index contributed by atoms with van der Waals surface area (Å²) in [5, 5.41) is 0. The van der Waals surface area contributed by atoms with Crippen LogP contribution in [0.1, 0.15) is 46.5 Å². The molecule has 1 heteroatoms. The van der Waals surface area contributed by atoms with Gasteiger partial charge in [-0.1, -0.05) is 33.6 Å². The van der Waals surface area contributed by atoms with Crippen molar-refractivity contribution in [3.05, 3.63) is 0 Å². The maximum atomic E-state index is 11.0. The van der Waals surface area contributed by atoms with Gasteiger partial charge in [0.05, 0.1) is 0 Å². The van der Waals surface area contributed by atoms with Crippen LogP contribution in [-0.4, -0.2) is 6.29 Å². The summed E-state index contributed by atoms with van der Waals surface area (Å²) in [4.78, 5) is 11.0. The molecule has 0 aromatic rings. The molecule has 0 spiro atoms. The largest absolute Gasteiger partial charge is 0.303 e. The lowest BCUT2D eigenvalue weighted by molar-refractivity contribution is -0.113. The Bertz CT molecular complexity index is 235. The van der Waals surface area contributed by atoms with Crippen LogP contribution < -0.4 is 0 Å². The first-order valence-corrected chi connectivity index (χ1v) is 6.64. The van der Waals surface area contributed by atoms with Crippen molar-refractivity contribution in [3.8, 4) is 0 Å². The van der Waals surface area contributed by atoms with E-state index in [9.17, 15) is 4.79 Å². The summed E-state index contributed by atoms with van der Waals surface area (Å²) in [5.41, 5.74) is 0. The molecule has 2 rings (SSSR count). The molecule has 0 aromatic carbocycles. The molecule has 0 aliphatic heterocycles. The van der Waals surface area contributed by atoms with Crippen molar-refractivity contribution in [2.45, 2.75) is 46.5 Å². The summed E-state index contributed by atoms with van der Waals surface area (Å²) in [7, 11) is 0. The van der Waals surface area contributed by atoms with E-state index in [1.54, 1.807) is 0 Å². The molecule has 2 aliphatic rings. The molecule has 6 unspecified atom stereocenters. The van der Waals surface area contributed by atoms with E-state index in [1.807, 2.05) is 0 Å². The van der Waals surface area contributed by atoms with E-state index in [-0.39, 0.29) is 0 Å². The van der Waals surface area contributed by atoms with E-state index in [0.29, 0.717) is 5.92 Å². The zero-order valence-electron chi connectivity index (χ0n) is 10.3. The zero-order valence-corrected chi connectivity index (χ0v) is 10.3. The van der Waals surface area contributed by atoms with E-state index in [1.165, 1.54) is 32.0 Å². The Balaban J connectivity index is 2.08. The number of rotatable bonds is 4. The van der Waals surface area contributed by atoms with E-state index < -0.39 is 0 Å². The minimum atomic E-state index is 0.399. The number of carbonyl (C=O) groups excluding carboxylic acids is 1. The Morgan fingerprint density at radius 1 is 1.40 bits per heavy atom. The van der Waals surface area contributed by atoms with Crippen LogP contribution in [0.4, 0.5) is 0 Å². The van der Waals surface area contributed by atoms with Gasteiger partial charge in [0.25, 0.3) is 0 Å². The van der Waals surface area contributed by atoms with Gasteiger partial charge in [-0.25, -0.2) is 0 Å². The first-order valence-electron chi connectivity index (χ1n) is 6.64. The first kappa shape index (κ1) is 11.2. The minimum absolute atomic E-state index is 0.399. The highest BCUT2D eigenvalue weighted by atomic mass is 16.1. The molecule has 0 saturated heterocycles. The number of fused-ring (bicyclic) bond motifs is 2. The monoisotopic (exact) mass is 208 g/mol. The number of aldehydes is 1. The predicted molar refractivity (Wildman–Crippen MR) is 62.5 cm³/mol. The van der Waals surface area contributed by atoms with Crippen LogP contribution in [-0.2, 0) is 4.79 Å². The molecule has 0 N–H and O–H groups in total. The van der Waals surface area contributed by atoms with Crippen molar-refractivity contribution in [2.75, 3.05) is 0 Å². The van der Waals surface area contributed by atoms with Crippen molar-refractivity contribution in [1.29, 1.82) is 0 Å². The van der Waals surface area contributed by atoms with Gasteiger partial charge in [-0.2, -0.15) is 0 Å². The lowest BCUT2D eigenvalue weighted by Crippen LogP contribution is -2.31. The van der Waals surface area contributed by atoms with Crippen molar-refractivity contribution in [1.82, 2.24) is 0 Å². The van der Waals surface area contributed by atoms with Crippen molar-refractivity contribution >= 4 is 6.29 Å². The Morgan fingerprint density at radius 3 is 2.67 bits per heavy atom. The summed E-state index contributed by atoms with van der Waals surface area (Å²) in [5.74, 6) is 4.50. The average molecular weight is 208 g/mol. The Labute approximate surface area is 93.6 Å². The minimum Gasteiger partial charge on any atom is -0.303 e. The van der Waals surface area contributed by atoms with E-state index >= 15 is 0 Å². The van der Waals surface area contributed by atoms with E-state index in [2.05, 4.69) is 20.8 Å². The third kappa shape index (κ3) is 1.74. The molecule has 1 nitrogen and oxygen atoms in total. The molecule has 0 radical (unpaired) electrons. The summed E-state index contributed by atoms with van der Waals surface area (Å²) < 4.78 is 0. The van der Waals surface area contributed by atoms with Gasteiger partial charge < -0.3 is 4.79 Å². The molecule has 2 bridgehead atoms. The molecule has 2 fully saturated rings. The smallest absolute Gasteiger partial charge is 0.123 e. The van der Waals surface area contributed by atoms with Crippen LogP contribution in [0.5, 0.6) is 0 Å². The predicted octanol–water partition coefficient (Wildman–Crippen LogP) is 3.53. The van der Waals surface area contributed by atoms with Gasteiger partial charge in [-0.05, 0) is 42.4 Å². The van der Waals surface area contributed by atoms with Crippen LogP contribution in [0.15, 0.2) is 0 Å². The molecule has 2 saturated carbocycles. The second kappa shape index (κ2) is 4.27. The van der Waals surface area contributed by atoms with Gasteiger partial charge >= 0.3 is 0 Å². The van der Waals surface area contributed by atoms with Crippen molar-refractivity contribution in [2.24, 2.45) is 35.5 Å². The fraction of sp³-hybridized carbons (Fsp3) is 0.929. The third-order valence-corrected chi connectivity index (χ3v) is 5.12. The topological polar surface area (TPSA) is 17.1 Å². The number of hydrogen-bond acceptors (Lipinski definition) is 1. The molecule has 2 aliphatic carbocycles. The molecule has 0 amide bonds. The fourth-order valence-electron chi connectivity index (χ4n) is 4.47. The van der Waals surface area contributed by atoms with Crippen molar-refractivity contribution < 1.29 is 4.79 Å². The number of hydrogen-bond donors (Lipinski definition) is 0. The third-order valence-electron chi connectivity index (χ3n) is 5.12. The SMILES string of the molecule is CCCC(C)C1C(C)C2CC(C=O)C1C2. The van der Waals surface area contributed by atoms with E-state index in [0.717, 1.165) is 29.6 Å². The number of carbonyl (C=O) groups is 1. The summed E-state index contributed by atoms with van der Waals surface area (Å²) >= 11 is 0. The summed E-state index contributed by atoms with van der Waals surface area (Å²) in [6, 6.07) is 0. The van der Waals surface area contributed by atoms with Gasteiger partial charge in [0.1, 0.15) is 6.29 Å². The van der Waals surface area contributed by atoms with Gasteiger partial charge in [0.2, 0.25) is 0 Å².